The van der Waals surface area contributed by atoms with Gasteiger partial charge in [0.1, 0.15) is 0 Å². The number of benzene rings is 1. The zero-order chi connectivity index (χ0) is 14.2. The summed E-state index contributed by atoms with van der Waals surface area (Å²) in [6.07, 6.45) is 11.4. The smallest absolute Gasteiger partial charge is 0.167 e. The Hall–Kier alpha value is -1.37. The highest BCUT2D eigenvalue weighted by Crippen LogP contribution is 2.53. The molecule has 1 aromatic rings. The molecule has 0 amide bonds. The number of aryl methyl sites for hydroxylation is 1. The molecule has 1 fully saturated rings. The SMILES string of the molecule is CC=CCC1C(=O)c2cc(C)ccc2C12CCCCC2. The van der Waals surface area contributed by atoms with Crippen molar-refractivity contribution in [2.24, 2.45) is 5.92 Å². The molecule has 1 nitrogen and oxygen atoms in total. The number of carbonyl (C=O) groups excluding carboxylic acids is 1. The van der Waals surface area contributed by atoms with Crippen molar-refractivity contribution < 1.29 is 4.79 Å². The Kier molecular flexibility index (Phi) is 3.54. The van der Waals surface area contributed by atoms with Gasteiger partial charge in [0.05, 0.1) is 0 Å². The third-order valence-corrected chi connectivity index (χ3v) is 5.31. The molecule has 0 aliphatic heterocycles. The molecule has 1 aromatic carbocycles. The lowest BCUT2D eigenvalue weighted by Crippen LogP contribution is -2.35. The molecule has 1 heteroatoms. The van der Waals surface area contributed by atoms with E-state index in [1.165, 1.54) is 43.2 Å². The van der Waals surface area contributed by atoms with Crippen molar-refractivity contribution in [2.75, 3.05) is 0 Å². The Labute approximate surface area is 122 Å². The molecule has 0 radical (unpaired) electrons. The molecule has 0 bridgehead atoms. The summed E-state index contributed by atoms with van der Waals surface area (Å²) in [4.78, 5) is 12.9. The second kappa shape index (κ2) is 5.20. The van der Waals surface area contributed by atoms with Crippen LogP contribution in [0, 0.1) is 12.8 Å². The van der Waals surface area contributed by atoms with E-state index in [1.54, 1.807) is 0 Å². The van der Waals surface area contributed by atoms with E-state index in [4.69, 9.17) is 0 Å². The lowest BCUT2D eigenvalue weighted by Gasteiger charge is -2.39. The summed E-state index contributed by atoms with van der Waals surface area (Å²) >= 11 is 0. The molecule has 1 atom stereocenters. The third-order valence-electron chi connectivity index (χ3n) is 5.31. The topological polar surface area (TPSA) is 17.1 Å². The van der Waals surface area contributed by atoms with E-state index in [-0.39, 0.29) is 11.3 Å². The zero-order valence-electron chi connectivity index (χ0n) is 12.6. The molecular formula is C19H24O. The van der Waals surface area contributed by atoms with Crippen molar-refractivity contribution in [2.45, 2.75) is 57.8 Å². The highest BCUT2D eigenvalue weighted by Gasteiger charge is 2.51. The molecule has 1 saturated carbocycles. The Morgan fingerprint density at radius 3 is 2.70 bits per heavy atom. The van der Waals surface area contributed by atoms with Crippen LogP contribution in [0.25, 0.3) is 0 Å². The average molecular weight is 268 g/mol. The fraction of sp³-hybridized carbons (Fsp3) is 0.526. The summed E-state index contributed by atoms with van der Waals surface area (Å²) in [7, 11) is 0. The summed E-state index contributed by atoms with van der Waals surface area (Å²) in [5.41, 5.74) is 3.70. The molecule has 0 saturated heterocycles. The van der Waals surface area contributed by atoms with E-state index >= 15 is 0 Å². The van der Waals surface area contributed by atoms with E-state index < -0.39 is 0 Å². The van der Waals surface area contributed by atoms with E-state index in [2.05, 4.69) is 37.3 Å². The van der Waals surface area contributed by atoms with E-state index in [0.717, 1.165) is 12.0 Å². The van der Waals surface area contributed by atoms with Gasteiger partial charge in [0, 0.05) is 16.9 Å². The molecule has 2 aliphatic rings. The van der Waals surface area contributed by atoms with Gasteiger partial charge in [-0.1, -0.05) is 49.1 Å². The van der Waals surface area contributed by atoms with E-state index in [0.29, 0.717) is 5.78 Å². The molecule has 0 aromatic heterocycles. The Balaban J connectivity index is 2.09. The molecule has 106 valence electrons. The van der Waals surface area contributed by atoms with Crippen molar-refractivity contribution in [3.8, 4) is 0 Å². The zero-order valence-corrected chi connectivity index (χ0v) is 12.6. The second-order valence-electron chi connectivity index (χ2n) is 6.49. The number of ketones is 1. The van der Waals surface area contributed by atoms with Crippen molar-refractivity contribution in [3.05, 3.63) is 47.0 Å². The number of hydrogen-bond acceptors (Lipinski definition) is 1. The number of allylic oxidation sites excluding steroid dienone is 2. The van der Waals surface area contributed by atoms with Gasteiger partial charge in [-0.25, -0.2) is 0 Å². The van der Waals surface area contributed by atoms with Gasteiger partial charge in [0.2, 0.25) is 0 Å². The standard InChI is InChI=1S/C19H24O/c1-3-4-8-17-18(20)15-13-14(2)9-10-16(15)19(17)11-6-5-7-12-19/h3-4,9-10,13,17H,5-8,11-12H2,1-2H3. The quantitative estimate of drug-likeness (QED) is 0.692. The molecule has 0 N–H and O–H groups in total. The van der Waals surface area contributed by atoms with Crippen molar-refractivity contribution >= 4 is 5.78 Å². The maximum atomic E-state index is 12.9. The normalized spacial score (nSPS) is 24.5. The number of hydrogen-bond donors (Lipinski definition) is 0. The van der Waals surface area contributed by atoms with Crippen LogP contribution in [-0.2, 0) is 5.41 Å². The van der Waals surface area contributed by atoms with E-state index in [9.17, 15) is 4.79 Å². The molecule has 1 unspecified atom stereocenters. The van der Waals surface area contributed by atoms with Gasteiger partial charge in [-0.2, -0.15) is 0 Å². The number of carbonyl (C=O) groups is 1. The summed E-state index contributed by atoms with van der Waals surface area (Å²) in [6.45, 7) is 4.13. The lowest BCUT2D eigenvalue weighted by atomic mass is 9.64. The van der Waals surface area contributed by atoms with Crippen LogP contribution in [0.2, 0.25) is 0 Å². The minimum atomic E-state index is 0.137. The Morgan fingerprint density at radius 2 is 2.00 bits per heavy atom. The average Bonchev–Trinajstić information content (AvgIpc) is 2.67. The first-order valence-electron chi connectivity index (χ1n) is 7.95. The van der Waals surface area contributed by atoms with Crippen LogP contribution in [0.15, 0.2) is 30.4 Å². The van der Waals surface area contributed by atoms with E-state index in [1.807, 2.05) is 6.92 Å². The van der Waals surface area contributed by atoms with Gasteiger partial charge in [-0.05, 0) is 44.7 Å². The van der Waals surface area contributed by atoms with Gasteiger partial charge in [0.25, 0.3) is 0 Å². The first-order valence-corrected chi connectivity index (χ1v) is 7.95. The fourth-order valence-corrected chi connectivity index (χ4v) is 4.33. The first kappa shape index (κ1) is 13.6. The Bertz CT molecular complexity index is 547. The van der Waals surface area contributed by atoms with Crippen LogP contribution in [0.4, 0.5) is 0 Å². The van der Waals surface area contributed by atoms with Gasteiger partial charge >= 0.3 is 0 Å². The van der Waals surface area contributed by atoms with Gasteiger partial charge < -0.3 is 0 Å². The van der Waals surface area contributed by atoms with Crippen LogP contribution >= 0.6 is 0 Å². The molecular weight excluding hydrogens is 244 g/mol. The highest BCUT2D eigenvalue weighted by molar-refractivity contribution is 6.04. The minimum Gasteiger partial charge on any atom is -0.294 e. The summed E-state index contributed by atoms with van der Waals surface area (Å²) in [6, 6.07) is 6.54. The first-order chi connectivity index (χ1) is 9.69. The van der Waals surface area contributed by atoms with Crippen LogP contribution in [-0.4, -0.2) is 5.78 Å². The number of rotatable bonds is 2. The largest absolute Gasteiger partial charge is 0.294 e. The van der Waals surface area contributed by atoms with Crippen LogP contribution < -0.4 is 0 Å². The summed E-state index contributed by atoms with van der Waals surface area (Å²) < 4.78 is 0. The lowest BCUT2D eigenvalue weighted by molar-refractivity contribution is 0.0852. The molecule has 2 aliphatic carbocycles. The van der Waals surface area contributed by atoms with Crippen LogP contribution in [0.3, 0.4) is 0 Å². The summed E-state index contributed by atoms with van der Waals surface area (Å²) in [5.74, 6) is 0.569. The third kappa shape index (κ3) is 1.95. The molecule has 1 spiro atoms. The maximum absolute atomic E-state index is 12.9. The monoisotopic (exact) mass is 268 g/mol. The van der Waals surface area contributed by atoms with Crippen LogP contribution in [0.1, 0.15) is 66.9 Å². The number of Topliss-reactive ketones (excluding diaryl/α,β-unsaturated/α-hetero) is 1. The Morgan fingerprint density at radius 1 is 1.25 bits per heavy atom. The van der Waals surface area contributed by atoms with Crippen molar-refractivity contribution in [1.29, 1.82) is 0 Å². The van der Waals surface area contributed by atoms with Crippen LogP contribution in [0.5, 0.6) is 0 Å². The van der Waals surface area contributed by atoms with Gasteiger partial charge in [0.15, 0.2) is 5.78 Å². The predicted octanol–water partition coefficient (Wildman–Crippen LogP) is 4.98. The van der Waals surface area contributed by atoms with Gasteiger partial charge in [-0.15, -0.1) is 0 Å². The molecule has 0 heterocycles. The highest BCUT2D eigenvalue weighted by atomic mass is 16.1. The minimum absolute atomic E-state index is 0.137. The second-order valence-corrected chi connectivity index (χ2v) is 6.49. The maximum Gasteiger partial charge on any atom is 0.167 e. The molecule has 3 rings (SSSR count). The summed E-state index contributed by atoms with van der Waals surface area (Å²) in [5, 5.41) is 0. The molecule has 20 heavy (non-hydrogen) atoms. The fourth-order valence-electron chi connectivity index (χ4n) is 4.33. The van der Waals surface area contributed by atoms with Crippen molar-refractivity contribution in [1.82, 2.24) is 0 Å². The predicted molar refractivity (Wildman–Crippen MR) is 83.2 cm³/mol. The number of fused-ring (bicyclic) bond motifs is 2. The van der Waals surface area contributed by atoms with Gasteiger partial charge in [-0.3, -0.25) is 4.79 Å². The van der Waals surface area contributed by atoms with Crippen molar-refractivity contribution in [3.63, 3.8) is 0 Å².